The molecule has 0 unspecified atom stereocenters. The van der Waals surface area contributed by atoms with Crippen molar-refractivity contribution < 1.29 is 0 Å². The lowest BCUT2D eigenvalue weighted by Crippen LogP contribution is -2.15. The Labute approximate surface area is 353 Å². The van der Waals surface area contributed by atoms with E-state index >= 15 is 0 Å². The van der Waals surface area contributed by atoms with Crippen molar-refractivity contribution in [2.24, 2.45) is 0 Å². The van der Waals surface area contributed by atoms with Crippen LogP contribution in [0.25, 0.3) is 41.7 Å². The molecule has 284 valence electrons. The normalized spacial score (nSPS) is 11.3. The zero-order valence-corrected chi connectivity index (χ0v) is 33.5. The van der Waals surface area contributed by atoms with E-state index in [1.54, 1.807) is 0 Å². The number of benzene rings is 9. The maximum atomic E-state index is 4.91. The second kappa shape index (κ2) is 15.2. The molecule has 0 N–H and O–H groups in total. The van der Waals surface area contributed by atoms with Crippen LogP contribution in [0.5, 0.6) is 0 Å². The lowest BCUT2D eigenvalue weighted by atomic mass is 9.99. The number of anilines is 9. The number of aromatic nitrogens is 1. The summed E-state index contributed by atoms with van der Waals surface area (Å²) < 4.78 is 2.64. The standard InChI is InChI=1S/C55H38N4S/c1-4-16-41(17-5-1)57(42-18-6-2-7-19-42)44-22-14-23-45(36-44)58(43-20-8-3-9-21-43)46-24-15-25-47(37-46)59(55-28-12-13-33-56-55)48-31-32-49-39(34-48)29-30-40-35-54-52(38-51(40)49)50-26-10-11-27-53(50)60-54/h1-38H. The Bertz CT molecular complexity index is 3240. The summed E-state index contributed by atoms with van der Waals surface area (Å²) in [4.78, 5) is 11.8. The van der Waals surface area contributed by atoms with Crippen molar-refractivity contribution in [3.05, 3.63) is 231 Å². The molecule has 0 spiro atoms. The Balaban J connectivity index is 1.04. The van der Waals surface area contributed by atoms with Gasteiger partial charge in [-0.1, -0.05) is 109 Å². The quantitative estimate of drug-likeness (QED) is 0.136. The van der Waals surface area contributed by atoms with E-state index in [0.717, 1.165) is 51.3 Å². The van der Waals surface area contributed by atoms with Crippen molar-refractivity contribution in [3.8, 4) is 0 Å². The molecule has 9 aromatic carbocycles. The molecule has 0 fully saturated rings. The minimum absolute atomic E-state index is 0.843. The number of hydrogen-bond acceptors (Lipinski definition) is 5. The third-order valence-electron chi connectivity index (χ3n) is 11.2. The highest BCUT2D eigenvalue weighted by Gasteiger charge is 2.20. The van der Waals surface area contributed by atoms with E-state index in [0.29, 0.717) is 0 Å². The number of nitrogens with zero attached hydrogens (tertiary/aromatic N) is 4. The Kier molecular flexibility index (Phi) is 8.99. The topological polar surface area (TPSA) is 22.6 Å². The van der Waals surface area contributed by atoms with Gasteiger partial charge < -0.3 is 9.80 Å². The van der Waals surface area contributed by atoms with Gasteiger partial charge in [0, 0.05) is 71.9 Å². The van der Waals surface area contributed by atoms with Crippen LogP contribution >= 0.6 is 11.3 Å². The van der Waals surface area contributed by atoms with Crippen molar-refractivity contribution >= 4 is 104 Å². The molecule has 11 aromatic rings. The summed E-state index contributed by atoms with van der Waals surface area (Å²) in [6.07, 6.45) is 1.87. The number of rotatable bonds is 9. The fraction of sp³-hybridized carbons (Fsp3) is 0. The third kappa shape index (κ3) is 6.48. The van der Waals surface area contributed by atoms with Crippen molar-refractivity contribution in [1.82, 2.24) is 4.98 Å². The van der Waals surface area contributed by atoms with Gasteiger partial charge in [-0.05, 0) is 137 Å². The van der Waals surface area contributed by atoms with Crippen LogP contribution in [0.3, 0.4) is 0 Å². The number of thiophene rings is 1. The minimum atomic E-state index is 0.843. The molecule has 0 atom stereocenters. The van der Waals surface area contributed by atoms with Gasteiger partial charge >= 0.3 is 0 Å². The molecule has 11 rings (SSSR count). The summed E-state index contributed by atoms with van der Waals surface area (Å²) in [5.74, 6) is 0.843. The van der Waals surface area contributed by atoms with Gasteiger partial charge in [-0.15, -0.1) is 11.3 Å². The van der Waals surface area contributed by atoms with E-state index in [2.05, 4.69) is 233 Å². The van der Waals surface area contributed by atoms with Crippen LogP contribution in [0.2, 0.25) is 0 Å². The van der Waals surface area contributed by atoms with Crippen molar-refractivity contribution in [3.63, 3.8) is 0 Å². The first-order valence-corrected chi connectivity index (χ1v) is 21.0. The maximum absolute atomic E-state index is 4.91. The fourth-order valence-corrected chi connectivity index (χ4v) is 9.61. The zero-order valence-electron chi connectivity index (χ0n) is 32.6. The molecule has 0 aliphatic rings. The molecule has 0 aliphatic carbocycles. The molecule has 5 heteroatoms. The highest BCUT2D eigenvalue weighted by atomic mass is 32.1. The van der Waals surface area contributed by atoms with Crippen LogP contribution in [0.4, 0.5) is 51.3 Å². The molecule has 60 heavy (non-hydrogen) atoms. The summed E-state index contributed by atoms with van der Waals surface area (Å²) >= 11 is 1.86. The number of fused-ring (bicyclic) bond motifs is 6. The van der Waals surface area contributed by atoms with E-state index in [1.807, 2.05) is 23.6 Å². The SMILES string of the molecule is c1ccc(N(c2ccccc2)c2cccc(N(c3ccccc3)c3cccc(N(c4ccc5c(ccc6cc7sc8ccccc8c7cc65)c4)c4ccccn4)c3)c2)cc1. The van der Waals surface area contributed by atoms with Crippen molar-refractivity contribution in [2.45, 2.75) is 0 Å². The van der Waals surface area contributed by atoms with Crippen molar-refractivity contribution in [1.29, 1.82) is 0 Å². The van der Waals surface area contributed by atoms with Gasteiger partial charge in [0.1, 0.15) is 5.82 Å². The van der Waals surface area contributed by atoms with Gasteiger partial charge in [0.05, 0.1) is 0 Å². The summed E-state index contributed by atoms with van der Waals surface area (Å²) in [7, 11) is 0. The monoisotopic (exact) mass is 786 g/mol. The van der Waals surface area contributed by atoms with Crippen molar-refractivity contribution in [2.75, 3.05) is 14.7 Å². The largest absolute Gasteiger partial charge is 0.310 e. The average Bonchev–Trinajstić information content (AvgIpc) is 3.68. The van der Waals surface area contributed by atoms with E-state index in [-0.39, 0.29) is 0 Å². The first kappa shape index (κ1) is 35.4. The molecule has 0 amide bonds. The molecule has 0 saturated heterocycles. The molecule has 2 aromatic heterocycles. The Hall–Kier alpha value is -7.73. The molecular formula is C55H38N4S. The van der Waals surface area contributed by atoms with E-state index in [9.17, 15) is 0 Å². The maximum Gasteiger partial charge on any atom is 0.137 e. The van der Waals surface area contributed by atoms with Gasteiger partial charge in [-0.3, -0.25) is 4.90 Å². The minimum Gasteiger partial charge on any atom is -0.310 e. The Morgan fingerprint density at radius 1 is 0.283 bits per heavy atom. The van der Waals surface area contributed by atoms with E-state index < -0.39 is 0 Å². The lowest BCUT2D eigenvalue weighted by molar-refractivity contribution is 1.18. The lowest BCUT2D eigenvalue weighted by Gasteiger charge is -2.30. The van der Waals surface area contributed by atoms with Gasteiger partial charge in [0.25, 0.3) is 0 Å². The molecule has 2 heterocycles. The van der Waals surface area contributed by atoms with E-state index in [4.69, 9.17) is 4.98 Å². The van der Waals surface area contributed by atoms with Crippen LogP contribution in [0, 0.1) is 0 Å². The molecule has 4 nitrogen and oxygen atoms in total. The van der Waals surface area contributed by atoms with Crippen LogP contribution in [0.15, 0.2) is 231 Å². The Morgan fingerprint density at radius 2 is 0.783 bits per heavy atom. The van der Waals surface area contributed by atoms with Crippen LogP contribution < -0.4 is 14.7 Å². The van der Waals surface area contributed by atoms with Gasteiger partial charge in [-0.2, -0.15) is 0 Å². The Morgan fingerprint density at radius 3 is 1.38 bits per heavy atom. The van der Waals surface area contributed by atoms with Crippen LogP contribution in [0.1, 0.15) is 0 Å². The molecule has 0 saturated carbocycles. The van der Waals surface area contributed by atoms with Gasteiger partial charge in [-0.25, -0.2) is 4.98 Å². The molecule has 0 radical (unpaired) electrons. The molecule has 0 aliphatic heterocycles. The number of para-hydroxylation sites is 3. The van der Waals surface area contributed by atoms with E-state index in [1.165, 1.54) is 41.7 Å². The molecule has 0 bridgehead atoms. The number of pyridine rings is 1. The second-order valence-corrected chi connectivity index (χ2v) is 16.0. The fourth-order valence-electron chi connectivity index (χ4n) is 8.48. The highest BCUT2D eigenvalue weighted by Crippen LogP contribution is 2.44. The van der Waals surface area contributed by atoms with Gasteiger partial charge in [0.15, 0.2) is 0 Å². The predicted molar refractivity (Wildman–Crippen MR) is 256 cm³/mol. The summed E-state index contributed by atoms with van der Waals surface area (Å²) in [5, 5.41) is 7.56. The summed E-state index contributed by atoms with van der Waals surface area (Å²) in [6.45, 7) is 0. The first-order chi connectivity index (χ1) is 29.7. The zero-order chi connectivity index (χ0) is 39.8. The molecular weight excluding hydrogens is 749 g/mol. The summed E-state index contributed by atoms with van der Waals surface area (Å²) in [5.41, 5.74) is 8.43. The average molecular weight is 787 g/mol. The number of hydrogen-bond donors (Lipinski definition) is 0. The second-order valence-electron chi connectivity index (χ2n) is 14.9. The smallest absolute Gasteiger partial charge is 0.137 e. The predicted octanol–water partition coefficient (Wildman–Crippen LogP) is 16.2. The van der Waals surface area contributed by atoms with Gasteiger partial charge in [0.2, 0.25) is 0 Å². The third-order valence-corrected chi connectivity index (χ3v) is 12.3. The van der Waals surface area contributed by atoms with Crippen LogP contribution in [-0.2, 0) is 0 Å². The highest BCUT2D eigenvalue weighted by molar-refractivity contribution is 7.25. The first-order valence-electron chi connectivity index (χ1n) is 20.2. The summed E-state index contributed by atoms with van der Waals surface area (Å²) in [6, 6.07) is 80.2. The van der Waals surface area contributed by atoms with Crippen LogP contribution in [-0.4, -0.2) is 4.98 Å².